The maximum atomic E-state index is 6.62. The van der Waals surface area contributed by atoms with Crippen molar-refractivity contribution in [2.24, 2.45) is 5.41 Å². The van der Waals surface area contributed by atoms with E-state index in [1.807, 2.05) is 18.2 Å². The number of benzene rings is 1. The van der Waals surface area contributed by atoms with Crippen molar-refractivity contribution in [3.8, 4) is 16.9 Å². The zero-order valence-corrected chi connectivity index (χ0v) is 17.0. The highest BCUT2D eigenvalue weighted by molar-refractivity contribution is 6.34. The van der Waals surface area contributed by atoms with Crippen LogP contribution in [0.15, 0.2) is 24.5 Å². The quantitative estimate of drug-likeness (QED) is 0.589. The molecule has 0 unspecified atom stereocenters. The zero-order valence-electron chi connectivity index (χ0n) is 15.5. The predicted molar refractivity (Wildman–Crippen MR) is 108 cm³/mol. The molecule has 2 aromatic heterocycles. The van der Waals surface area contributed by atoms with Gasteiger partial charge in [-0.1, -0.05) is 43.1 Å². The number of fused-ring (bicyclic) bond motifs is 1. The van der Waals surface area contributed by atoms with Crippen molar-refractivity contribution >= 4 is 34.8 Å². The molecule has 6 nitrogen and oxygen atoms in total. The molecule has 3 aromatic rings. The van der Waals surface area contributed by atoms with Crippen LogP contribution in [-0.2, 0) is 0 Å². The van der Waals surface area contributed by atoms with E-state index >= 15 is 0 Å². The molecule has 27 heavy (non-hydrogen) atoms. The molecule has 1 fully saturated rings. The van der Waals surface area contributed by atoms with Crippen LogP contribution >= 0.6 is 23.2 Å². The number of anilines is 1. The Morgan fingerprint density at radius 3 is 2.74 bits per heavy atom. The molecule has 1 aliphatic rings. The third kappa shape index (κ3) is 3.32. The molecule has 4 rings (SSSR count). The summed E-state index contributed by atoms with van der Waals surface area (Å²) < 4.78 is 7.04. The fraction of sp³-hybridized carbons (Fsp3) is 0.421. The monoisotopic (exact) mass is 405 g/mol. The maximum Gasteiger partial charge on any atom is 0.255 e. The van der Waals surface area contributed by atoms with Crippen molar-refractivity contribution in [2.45, 2.75) is 26.7 Å². The fourth-order valence-corrected chi connectivity index (χ4v) is 4.30. The van der Waals surface area contributed by atoms with E-state index in [2.05, 4.69) is 33.8 Å². The predicted octanol–water partition coefficient (Wildman–Crippen LogP) is 4.73. The average Bonchev–Trinajstić information content (AvgIpc) is 3.07. The smallest absolute Gasteiger partial charge is 0.255 e. The van der Waals surface area contributed by atoms with Crippen LogP contribution in [0.2, 0.25) is 10.2 Å². The Morgan fingerprint density at radius 1 is 1.22 bits per heavy atom. The molecule has 0 N–H and O–H groups in total. The Kier molecular flexibility index (Phi) is 4.64. The van der Waals surface area contributed by atoms with Gasteiger partial charge in [-0.3, -0.25) is 0 Å². The molecule has 0 spiro atoms. The normalized spacial score (nSPS) is 16.7. The van der Waals surface area contributed by atoms with Crippen LogP contribution < -0.4 is 9.64 Å². The summed E-state index contributed by atoms with van der Waals surface area (Å²) in [6.45, 7) is 6.39. The highest BCUT2D eigenvalue weighted by Gasteiger charge is 2.31. The lowest BCUT2D eigenvalue weighted by Crippen LogP contribution is -2.41. The van der Waals surface area contributed by atoms with Gasteiger partial charge in [0.2, 0.25) is 0 Å². The Balaban J connectivity index is 1.94. The standard InChI is InChI=1S/C19H21Cl2N5O/c1-19(2)7-4-8-25(10-19)17-15(12-5-6-14(27-3)13(20)9-12)16(21)24-18-22-11-23-26(17)18/h5-6,9,11H,4,7-8,10H2,1-3H3. The van der Waals surface area contributed by atoms with Crippen molar-refractivity contribution < 1.29 is 4.74 Å². The molecule has 8 heteroatoms. The molecule has 0 atom stereocenters. The molecular formula is C19H21Cl2N5O. The number of hydrogen-bond donors (Lipinski definition) is 0. The number of rotatable bonds is 3. The van der Waals surface area contributed by atoms with Crippen LogP contribution in [0.25, 0.3) is 16.9 Å². The van der Waals surface area contributed by atoms with Crippen LogP contribution in [0, 0.1) is 5.41 Å². The van der Waals surface area contributed by atoms with Gasteiger partial charge >= 0.3 is 0 Å². The zero-order chi connectivity index (χ0) is 19.2. The van der Waals surface area contributed by atoms with Crippen LogP contribution in [0.4, 0.5) is 5.82 Å². The first kappa shape index (κ1) is 18.3. The van der Waals surface area contributed by atoms with E-state index in [0.29, 0.717) is 21.7 Å². The molecule has 0 saturated carbocycles. The number of piperidine rings is 1. The van der Waals surface area contributed by atoms with E-state index < -0.39 is 0 Å². The Labute approximate surface area is 168 Å². The van der Waals surface area contributed by atoms with Crippen LogP contribution in [0.5, 0.6) is 5.75 Å². The van der Waals surface area contributed by atoms with E-state index in [1.54, 1.807) is 11.6 Å². The largest absolute Gasteiger partial charge is 0.495 e. The minimum absolute atomic E-state index is 0.204. The van der Waals surface area contributed by atoms with Gasteiger partial charge in [0.25, 0.3) is 5.78 Å². The molecule has 1 aromatic carbocycles. The van der Waals surface area contributed by atoms with Crippen molar-refractivity contribution in [2.75, 3.05) is 25.1 Å². The molecule has 1 saturated heterocycles. The molecule has 3 heterocycles. The fourth-order valence-electron chi connectivity index (χ4n) is 3.77. The van der Waals surface area contributed by atoms with E-state index in [-0.39, 0.29) is 5.41 Å². The van der Waals surface area contributed by atoms with Gasteiger partial charge in [0.15, 0.2) is 0 Å². The molecule has 142 valence electrons. The summed E-state index contributed by atoms with van der Waals surface area (Å²) in [4.78, 5) is 11.0. The van der Waals surface area contributed by atoms with E-state index in [4.69, 9.17) is 27.9 Å². The van der Waals surface area contributed by atoms with Gasteiger partial charge in [0.05, 0.1) is 17.7 Å². The van der Waals surface area contributed by atoms with Crippen molar-refractivity contribution in [3.05, 3.63) is 34.7 Å². The molecule has 0 radical (unpaired) electrons. The van der Waals surface area contributed by atoms with Gasteiger partial charge in [0.1, 0.15) is 23.0 Å². The molecule has 0 aliphatic carbocycles. The summed E-state index contributed by atoms with van der Waals surface area (Å²) in [5, 5.41) is 5.32. The first-order valence-corrected chi connectivity index (χ1v) is 9.63. The van der Waals surface area contributed by atoms with Gasteiger partial charge in [-0.15, -0.1) is 0 Å². The Hall–Kier alpha value is -2.05. The number of halogens is 2. The van der Waals surface area contributed by atoms with E-state index in [9.17, 15) is 0 Å². The van der Waals surface area contributed by atoms with Gasteiger partial charge < -0.3 is 9.64 Å². The van der Waals surface area contributed by atoms with E-state index in [1.165, 1.54) is 12.7 Å². The topological polar surface area (TPSA) is 55.6 Å². The molecule has 0 bridgehead atoms. The number of ether oxygens (including phenoxy) is 1. The molecule has 0 amide bonds. The van der Waals surface area contributed by atoms with Crippen LogP contribution in [-0.4, -0.2) is 39.8 Å². The summed E-state index contributed by atoms with van der Waals surface area (Å²) in [5.74, 6) is 2.00. The summed E-state index contributed by atoms with van der Waals surface area (Å²) in [6, 6.07) is 5.63. The van der Waals surface area contributed by atoms with Crippen molar-refractivity contribution in [1.82, 2.24) is 19.6 Å². The van der Waals surface area contributed by atoms with E-state index in [0.717, 1.165) is 36.5 Å². The summed E-state index contributed by atoms with van der Waals surface area (Å²) >= 11 is 13.0. The second kappa shape index (κ2) is 6.84. The SMILES string of the molecule is COc1ccc(-c2c(Cl)nc3ncnn3c2N2CCCC(C)(C)C2)cc1Cl. The molecular weight excluding hydrogens is 385 g/mol. The van der Waals surface area contributed by atoms with Gasteiger partial charge in [0, 0.05) is 13.1 Å². The first-order chi connectivity index (χ1) is 12.9. The second-order valence-electron chi connectivity index (χ2n) is 7.61. The second-order valence-corrected chi connectivity index (χ2v) is 8.38. The van der Waals surface area contributed by atoms with Crippen LogP contribution in [0.1, 0.15) is 26.7 Å². The lowest BCUT2D eigenvalue weighted by molar-refractivity contribution is 0.291. The number of methoxy groups -OCH3 is 1. The summed E-state index contributed by atoms with van der Waals surface area (Å²) in [5.41, 5.74) is 1.88. The van der Waals surface area contributed by atoms with Crippen molar-refractivity contribution in [1.29, 1.82) is 0 Å². The molecule has 1 aliphatic heterocycles. The minimum Gasteiger partial charge on any atom is -0.495 e. The lowest BCUT2D eigenvalue weighted by Gasteiger charge is -2.40. The lowest BCUT2D eigenvalue weighted by atomic mass is 9.84. The summed E-state index contributed by atoms with van der Waals surface area (Å²) in [6.07, 6.45) is 3.79. The summed E-state index contributed by atoms with van der Waals surface area (Å²) in [7, 11) is 1.60. The highest BCUT2D eigenvalue weighted by Crippen LogP contribution is 2.41. The third-order valence-electron chi connectivity index (χ3n) is 5.00. The van der Waals surface area contributed by atoms with Crippen molar-refractivity contribution in [3.63, 3.8) is 0 Å². The van der Waals surface area contributed by atoms with Crippen LogP contribution in [0.3, 0.4) is 0 Å². The minimum atomic E-state index is 0.204. The van der Waals surface area contributed by atoms with Gasteiger partial charge in [-0.25, -0.2) is 0 Å². The maximum absolute atomic E-state index is 6.62. The van der Waals surface area contributed by atoms with Gasteiger partial charge in [-0.05, 0) is 36.0 Å². The third-order valence-corrected chi connectivity index (χ3v) is 5.57. The number of nitrogens with zero attached hydrogens (tertiary/aromatic N) is 5. The Bertz CT molecular complexity index is 1000. The number of aromatic nitrogens is 4. The first-order valence-electron chi connectivity index (χ1n) is 8.88. The highest BCUT2D eigenvalue weighted by atomic mass is 35.5. The number of hydrogen-bond acceptors (Lipinski definition) is 5. The average molecular weight is 406 g/mol. The Morgan fingerprint density at radius 2 is 2.04 bits per heavy atom. The van der Waals surface area contributed by atoms with Gasteiger partial charge in [-0.2, -0.15) is 19.6 Å².